The number of amides is 1. The summed E-state index contributed by atoms with van der Waals surface area (Å²) in [6.07, 6.45) is -1.75. The quantitative estimate of drug-likeness (QED) is 0.321. The van der Waals surface area contributed by atoms with Crippen molar-refractivity contribution < 1.29 is 38.4 Å². The number of hydrogen-bond acceptors (Lipinski definition) is 11. The number of hydrogen-bond donors (Lipinski definition) is 1. The molecule has 0 aromatic heterocycles. The van der Waals surface area contributed by atoms with E-state index in [-0.39, 0.29) is 48.3 Å². The fourth-order valence-corrected chi connectivity index (χ4v) is 7.39. The van der Waals surface area contributed by atoms with Gasteiger partial charge in [0.1, 0.15) is 18.1 Å². The number of nitrogens with zero attached hydrogens (tertiary/aromatic N) is 4. The summed E-state index contributed by atoms with van der Waals surface area (Å²) in [6.45, 7) is 13.3. The van der Waals surface area contributed by atoms with Gasteiger partial charge < -0.3 is 38.8 Å². The van der Waals surface area contributed by atoms with Crippen LogP contribution in [0.3, 0.4) is 0 Å². The topological polar surface area (TPSA) is 121 Å². The molecule has 0 aromatic carbocycles. The van der Waals surface area contributed by atoms with E-state index in [9.17, 15) is 19.5 Å². The van der Waals surface area contributed by atoms with Gasteiger partial charge in [-0.1, -0.05) is 13.8 Å². The third kappa shape index (κ3) is 8.63. The molecule has 12 nitrogen and oxygen atoms in total. The van der Waals surface area contributed by atoms with Crippen LogP contribution in [0.15, 0.2) is 0 Å². The van der Waals surface area contributed by atoms with E-state index in [1.807, 2.05) is 63.8 Å². The van der Waals surface area contributed by atoms with E-state index < -0.39 is 41.4 Å². The first-order valence-electron chi connectivity index (χ1n) is 16.4. The second kappa shape index (κ2) is 15.0. The van der Waals surface area contributed by atoms with Gasteiger partial charge in [-0.2, -0.15) is 0 Å². The number of rotatable bonds is 7. The molecule has 45 heavy (non-hydrogen) atoms. The first-order chi connectivity index (χ1) is 20.8. The lowest BCUT2D eigenvalue weighted by Gasteiger charge is -2.47. The van der Waals surface area contributed by atoms with Crippen LogP contribution < -0.4 is 0 Å². The lowest BCUT2D eigenvalue weighted by molar-refractivity contribution is -0.295. The summed E-state index contributed by atoms with van der Waals surface area (Å²) < 4.78 is 24.8. The highest BCUT2D eigenvalue weighted by molar-refractivity contribution is 6.04. The van der Waals surface area contributed by atoms with Gasteiger partial charge in [-0.25, -0.2) is 0 Å². The predicted molar refractivity (Wildman–Crippen MR) is 170 cm³/mol. The molecule has 9 atom stereocenters. The Bertz CT molecular complexity index is 1030. The summed E-state index contributed by atoms with van der Waals surface area (Å²) >= 11 is 0. The predicted octanol–water partition coefficient (Wildman–Crippen LogP) is 1.34. The van der Waals surface area contributed by atoms with Crippen LogP contribution in [0.5, 0.6) is 0 Å². The van der Waals surface area contributed by atoms with E-state index in [1.165, 1.54) is 0 Å². The van der Waals surface area contributed by atoms with Gasteiger partial charge in [-0.05, 0) is 81.7 Å². The number of ether oxygens (including phenoxy) is 4. The molecular weight excluding hydrogens is 580 g/mol. The zero-order valence-corrected chi connectivity index (χ0v) is 29.7. The van der Waals surface area contributed by atoms with E-state index in [0.29, 0.717) is 39.0 Å². The summed E-state index contributed by atoms with van der Waals surface area (Å²) in [4.78, 5) is 48.3. The van der Waals surface area contributed by atoms with E-state index in [2.05, 4.69) is 11.8 Å². The highest BCUT2D eigenvalue weighted by atomic mass is 16.7. The van der Waals surface area contributed by atoms with Gasteiger partial charge in [0.25, 0.3) is 0 Å². The molecule has 0 radical (unpaired) electrons. The summed E-state index contributed by atoms with van der Waals surface area (Å²) in [5, 5.41) is 11.3. The zero-order chi connectivity index (χ0) is 34.0. The Morgan fingerprint density at radius 2 is 1.69 bits per heavy atom. The van der Waals surface area contributed by atoms with Gasteiger partial charge in [-0.15, -0.1) is 0 Å². The van der Waals surface area contributed by atoms with Crippen molar-refractivity contribution >= 4 is 17.7 Å². The third-order valence-electron chi connectivity index (χ3n) is 10.2. The van der Waals surface area contributed by atoms with Gasteiger partial charge in [0.05, 0.1) is 24.4 Å². The number of methoxy groups -OCH3 is 1. The Hall–Kier alpha value is -1.67. The smallest absolute Gasteiger partial charge is 0.319 e. The number of carbonyl (C=O) groups is 3. The summed E-state index contributed by atoms with van der Waals surface area (Å²) in [5.41, 5.74) is -2.42. The van der Waals surface area contributed by atoms with Gasteiger partial charge >= 0.3 is 5.97 Å². The summed E-state index contributed by atoms with van der Waals surface area (Å²) in [6, 6.07) is -0.315. The molecule has 1 N–H and O–H groups in total. The molecule has 0 spiro atoms. The lowest BCUT2D eigenvalue weighted by Crippen LogP contribution is -2.60. The van der Waals surface area contributed by atoms with Crippen molar-refractivity contribution in [2.45, 2.75) is 96.7 Å². The molecule has 0 saturated carbocycles. The zero-order valence-electron chi connectivity index (χ0n) is 29.7. The molecule has 3 rings (SSSR count). The molecule has 260 valence electrons. The molecule has 3 heterocycles. The molecule has 0 aromatic rings. The molecular formula is C33H60N4O8. The number of carbonyl (C=O) groups excluding carboxylic acids is 3. The van der Waals surface area contributed by atoms with Crippen LogP contribution in [0.2, 0.25) is 0 Å². The maximum Gasteiger partial charge on any atom is 0.319 e. The van der Waals surface area contributed by atoms with E-state index in [4.69, 9.17) is 18.9 Å². The molecule has 1 amide bonds. The molecule has 3 aliphatic heterocycles. The standard InChI is InChI=1S/C33H60N4O8/c1-20-14-33(6,42-12)29(45-30-27(39)24(35(9)10)13-21(2)44-30)22(3)28(40)32(4,5)31(41)43-19-25(36(11)15-20)23-16-37(17-23)26(38)18-34(7)8/h20-25,27,29-30,39H,13-19H2,1-12H3/t20-,21-,22+,24+,25?,27-,29-,30+,33-/m1/s1. The summed E-state index contributed by atoms with van der Waals surface area (Å²) in [7, 11) is 11.2. The van der Waals surface area contributed by atoms with E-state index in [1.54, 1.807) is 27.9 Å². The Balaban J connectivity index is 1.92. The lowest BCUT2D eigenvalue weighted by atomic mass is 9.74. The number of ketones is 1. The average molecular weight is 641 g/mol. The number of cyclic esters (lactones) is 1. The number of aliphatic hydroxyl groups excluding tert-OH is 1. The van der Waals surface area contributed by atoms with Crippen molar-refractivity contribution in [3.8, 4) is 0 Å². The van der Waals surface area contributed by atoms with Crippen molar-refractivity contribution in [3.63, 3.8) is 0 Å². The first kappa shape index (κ1) is 37.8. The van der Waals surface area contributed by atoms with Crippen LogP contribution in [0, 0.1) is 23.2 Å². The molecule has 0 aliphatic carbocycles. The van der Waals surface area contributed by atoms with Gasteiger partial charge in [0.15, 0.2) is 12.1 Å². The second-order valence-corrected chi connectivity index (χ2v) is 15.1. The molecule has 1 unspecified atom stereocenters. The fraction of sp³-hybridized carbons (Fsp3) is 0.909. The van der Waals surface area contributed by atoms with Crippen molar-refractivity contribution in [2.24, 2.45) is 23.2 Å². The van der Waals surface area contributed by atoms with Crippen LogP contribution in [-0.2, 0) is 33.3 Å². The minimum absolute atomic E-state index is 0.0786. The molecule has 12 heteroatoms. The highest BCUT2D eigenvalue weighted by Crippen LogP contribution is 2.38. The highest BCUT2D eigenvalue weighted by Gasteiger charge is 2.52. The fourth-order valence-electron chi connectivity index (χ4n) is 7.39. The normalized spacial score (nSPS) is 37.9. The van der Waals surface area contributed by atoms with Crippen molar-refractivity contribution in [1.29, 1.82) is 0 Å². The van der Waals surface area contributed by atoms with Crippen LogP contribution in [-0.4, -0.2) is 160 Å². The molecule has 3 aliphatic rings. The first-order valence-corrected chi connectivity index (χ1v) is 16.4. The number of aliphatic hydroxyl groups is 1. The number of Topliss-reactive ketones (excluding diaryl/α,β-unsaturated/α-hetero) is 1. The maximum absolute atomic E-state index is 14.2. The van der Waals surface area contributed by atoms with Crippen LogP contribution >= 0.6 is 0 Å². The van der Waals surface area contributed by atoms with Crippen LogP contribution in [0.25, 0.3) is 0 Å². The Morgan fingerprint density at radius 3 is 2.24 bits per heavy atom. The average Bonchev–Trinajstić information content (AvgIpc) is 2.91. The number of likely N-dealkylation sites (tertiary alicyclic amines) is 1. The third-order valence-corrected chi connectivity index (χ3v) is 10.2. The van der Waals surface area contributed by atoms with E-state index in [0.717, 1.165) is 0 Å². The number of esters is 1. The van der Waals surface area contributed by atoms with Crippen molar-refractivity contribution in [1.82, 2.24) is 19.6 Å². The van der Waals surface area contributed by atoms with Crippen molar-refractivity contribution in [3.05, 3.63) is 0 Å². The Labute approximate surface area is 270 Å². The van der Waals surface area contributed by atoms with Crippen LogP contribution in [0.4, 0.5) is 0 Å². The minimum Gasteiger partial charge on any atom is -0.463 e. The Morgan fingerprint density at radius 1 is 1.07 bits per heavy atom. The van der Waals surface area contributed by atoms with Gasteiger partial charge in [-0.3, -0.25) is 19.3 Å². The SMILES string of the molecule is CO[C@]1(C)C[C@@H](C)CN(C)C(C2CN(C(=O)CN(C)C)C2)COC(=O)C(C)(C)C(=O)[C@H](C)[C@H]1O[C@@H]1O[C@H](C)C[C@H](N(C)C)[C@H]1O. The van der Waals surface area contributed by atoms with Crippen LogP contribution in [0.1, 0.15) is 54.4 Å². The van der Waals surface area contributed by atoms with Gasteiger partial charge in [0, 0.05) is 50.7 Å². The minimum atomic E-state index is -1.46. The molecule has 0 bridgehead atoms. The van der Waals surface area contributed by atoms with Crippen molar-refractivity contribution in [2.75, 3.05) is 75.1 Å². The molecule has 3 saturated heterocycles. The maximum atomic E-state index is 14.2. The second-order valence-electron chi connectivity index (χ2n) is 15.1. The van der Waals surface area contributed by atoms with Gasteiger partial charge in [0.2, 0.25) is 5.91 Å². The molecule has 3 fully saturated rings. The largest absolute Gasteiger partial charge is 0.463 e. The monoisotopic (exact) mass is 640 g/mol. The van der Waals surface area contributed by atoms with E-state index >= 15 is 0 Å². The number of likely N-dealkylation sites (N-methyl/N-ethyl adjacent to an activating group) is 3. The Kier molecular flexibility index (Phi) is 12.6. The summed E-state index contributed by atoms with van der Waals surface area (Å²) in [5.74, 6) is -1.41.